The van der Waals surface area contributed by atoms with Crippen LogP contribution < -0.4 is 15.6 Å². The zero-order chi connectivity index (χ0) is 18.4. The van der Waals surface area contributed by atoms with Crippen molar-refractivity contribution in [3.05, 3.63) is 68.2 Å². The molecule has 2 aromatic rings. The molecule has 2 N–H and O–H groups in total. The monoisotopic (exact) mass is 407 g/mol. The molecule has 0 radical (unpaired) electrons. The number of hydrazine groups is 1. The van der Waals surface area contributed by atoms with E-state index in [9.17, 15) is 19.7 Å². The molecule has 2 amide bonds. The first-order chi connectivity index (χ1) is 11.9. The summed E-state index contributed by atoms with van der Waals surface area (Å²) < 4.78 is 5.97. The maximum Gasteiger partial charge on any atom is 0.269 e. The Bertz CT molecular complexity index is 808. The van der Waals surface area contributed by atoms with Gasteiger partial charge in [0.15, 0.2) is 0 Å². The molecule has 0 spiro atoms. The summed E-state index contributed by atoms with van der Waals surface area (Å²) in [4.78, 5) is 34.0. The average molecular weight is 408 g/mol. The summed E-state index contributed by atoms with van der Waals surface area (Å²) in [5.41, 5.74) is 4.90. The summed E-state index contributed by atoms with van der Waals surface area (Å²) in [7, 11) is 0. The van der Waals surface area contributed by atoms with Gasteiger partial charge in [-0.1, -0.05) is 0 Å². The molecule has 0 saturated carbocycles. The predicted octanol–water partition coefficient (Wildman–Crippen LogP) is 2.83. The van der Waals surface area contributed by atoms with Crippen LogP contribution in [0.4, 0.5) is 5.69 Å². The maximum atomic E-state index is 12.1. The van der Waals surface area contributed by atoms with E-state index in [1.807, 2.05) is 6.92 Å². The predicted molar refractivity (Wildman–Crippen MR) is 93.3 cm³/mol. The number of non-ortho nitro benzene ring substituents is 1. The minimum Gasteiger partial charge on any atom is -0.493 e. The van der Waals surface area contributed by atoms with Gasteiger partial charge in [0, 0.05) is 23.3 Å². The van der Waals surface area contributed by atoms with E-state index in [0.29, 0.717) is 22.4 Å². The SMILES string of the molecule is CCOc1ccc(C(=O)NNC(=O)c2ccc([N+](=O)[O-])cc2)cc1Br. The fraction of sp³-hybridized carbons (Fsp3) is 0.125. The maximum absolute atomic E-state index is 12.1. The van der Waals surface area contributed by atoms with Crippen LogP contribution in [0.25, 0.3) is 0 Å². The van der Waals surface area contributed by atoms with Gasteiger partial charge in [0.05, 0.1) is 16.0 Å². The summed E-state index contributed by atoms with van der Waals surface area (Å²) in [6.07, 6.45) is 0. The zero-order valence-corrected chi connectivity index (χ0v) is 14.7. The van der Waals surface area contributed by atoms with Gasteiger partial charge in [-0.05, 0) is 53.2 Å². The van der Waals surface area contributed by atoms with E-state index in [4.69, 9.17) is 4.74 Å². The number of carbonyl (C=O) groups is 2. The van der Waals surface area contributed by atoms with Crippen molar-refractivity contribution in [2.45, 2.75) is 6.92 Å². The highest BCUT2D eigenvalue weighted by Gasteiger charge is 2.12. The molecule has 2 rings (SSSR count). The first kappa shape index (κ1) is 18.4. The lowest BCUT2D eigenvalue weighted by Crippen LogP contribution is -2.41. The summed E-state index contributed by atoms with van der Waals surface area (Å²) in [5.74, 6) is -0.499. The van der Waals surface area contributed by atoms with Crippen LogP contribution in [0.2, 0.25) is 0 Å². The minimum atomic E-state index is -0.590. The number of nitro groups is 1. The van der Waals surface area contributed by atoms with Crippen molar-refractivity contribution >= 4 is 33.4 Å². The molecule has 0 atom stereocenters. The first-order valence-corrected chi connectivity index (χ1v) is 7.99. The highest BCUT2D eigenvalue weighted by atomic mass is 79.9. The third-order valence-electron chi connectivity index (χ3n) is 3.12. The number of nitrogens with one attached hydrogen (secondary N) is 2. The molecule has 0 unspecified atom stereocenters. The van der Waals surface area contributed by atoms with Crippen LogP contribution in [-0.4, -0.2) is 23.3 Å². The molecule has 0 aliphatic rings. The van der Waals surface area contributed by atoms with E-state index in [-0.39, 0.29) is 11.3 Å². The summed E-state index contributed by atoms with van der Waals surface area (Å²) >= 11 is 3.30. The van der Waals surface area contributed by atoms with Crippen LogP contribution >= 0.6 is 15.9 Å². The van der Waals surface area contributed by atoms with E-state index in [2.05, 4.69) is 26.8 Å². The highest BCUT2D eigenvalue weighted by Crippen LogP contribution is 2.25. The van der Waals surface area contributed by atoms with Crippen LogP contribution in [0.15, 0.2) is 46.9 Å². The number of benzene rings is 2. The molecule has 130 valence electrons. The lowest BCUT2D eigenvalue weighted by Gasteiger charge is -2.10. The van der Waals surface area contributed by atoms with Gasteiger partial charge >= 0.3 is 0 Å². The smallest absolute Gasteiger partial charge is 0.269 e. The van der Waals surface area contributed by atoms with Crippen LogP contribution in [0.3, 0.4) is 0 Å². The quantitative estimate of drug-likeness (QED) is 0.584. The number of rotatable bonds is 5. The Balaban J connectivity index is 1.98. The Kier molecular flexibility index (Phi) is 6.07. The van der Waals surface area contributed by atoms with E-state index in [1.165, 1.54) is 24.3 Å². The van der Waals surface area contributed by atoms with Crippen molar-refractivity contribution in [3.8, 4) is 5.75 Å². The minimum absolute atomic E-state index is 0.125. The van der Waals surface area contributed by atoms with Gasteiger partial charge < -0.3 is 4.74 Å². The number of amides is 2. The Morgan fingerprint density at radius 1 is 1.08 bits per heavy atom. The Labute approximate surface area is 151 Å². The van der Waals surface area contributed by atoms with Gasteiger partial charge in [0.1, 0.15) is 5.75 Å². The molecular formula is C16H14BrN3O5. The number of halogens is 1. The average Bonchev–Trinajstić information content (AvgIpc) is 2.61. The van der Waals surface area contributed by atoms with E-state index < -0.39 is 16.7 Å². The number of nitrogens with zero attached hydrogens (tertiary/aromatic N) is 1. The number of ether oxygens (including phenoxy) is 1. The van der Waals surface area contributed by atoms with Crippen molar-refractivity contribution in [2.24, 2.45) is 0 Å². The van der Waals surface area contributed by atoms with Crippen molar-refractivity contribution in [2.75, 3.05) is 6.61 Å². The second kappa shape index (κ2) is 8.25. The van der Waals surface area contributed by atoms with Crippen molar-refractivity contribution in [1.82, 2.24) is 10.9 Å². The summed E-state index contributed by atoms with van der Waals surface area (Å²) in [6, 6.07) is 9.78. The van der Waals surface area contributed by atoms with Crippen molar-refractivity contribution < 1.29 is 19.2 Å². The molecule has 0 bridgehead atoms. The summed E-state index contributed by atoms with van der Waals surface area (Å²) in [5, 5.41) is 10.6. The lowest BCUT2D eigenvalue weighted by atomic mass is 10.2. The van der Waals surface area contributed by atoms with Gasteiger partial charge in [-0.2, -0.15) is 0 Å². The standard InChI is InChI=1S/C16H14BrN3O5/c1-2-25-14-8-5-11(9-13(14)17)16(22)19-18-15(21)10-3-6-12(7-4-10)20(23)24/h3-9H,2H2,1H3,(H,18,21)(H,19,22). The van der Waals surface area contributed by atoms with Gasteiger partial charge in [0.25, 0.3) is 17.5 Å². The molecular weight excluding hydrogens is 394 g/mol. The second-order valence-electron chi connectivity index (χ2n) is 4.79. The van der Waals surface area contributed by atoms with Gasteiger partial charge in [0.2, 0.25) is 0 Å². The van der Waals surface area contributed by atoms with Gasteiger partial charge in [-0.25, -0.2) is 0 Å². The van der Waals surface area contributed by atoms with Crippen LogP contribution in [-0.2, 0) is 0 Å². The summed E-state index contributed by atoms with van der Waals surface area (Å²) in [6.45, 7) is 2.34. The molecule has 0 heterocycles. The van der Waals surface area contributed by atoms with Crippen LogP contribution in [0.5, 0.6) is 5.75 Å². The molecule has 25 heavy (non-hydrogen) atoms. The van der Waals surface area contributed by atoms with E-state index >= 15 is 0 Å². The molecule has 0 aliphatic heterocycles. The van der Waals surface area contributed by atoms with Crippen LogP contribution in [0.1, 0.15) is 27.6 Å². The zero-order valence-electron chi connectivity index (χ0n) is 13.1. The molecule has 8 nitrogen and oxygen atoms in total. The fourth-order valence-electron chi connectivity index (χ4n) is 1.91. The van der Waals surface area contributed by atoms with Gasteiger partial charge in [-0.15, -0.1) is 0 Å². The number of hydrogen-bond donors (Lipinski definition) is 2. The molecule has 2 aromatic carbocycles. The van der Waals surface area contributed by atoms with Crippen molar-refractivity contribution in [3.63, 3.8) is 0 Å². The number of nitro benzene ring substituents is 1. The second-order valence-corrected chi connectivity index (χ2v) is 5.64. The molecule has 0 aromatic heterocycles. The largest absolute Gasteiger partial charge is 0.493 e. The normalized spacial score (nSPS) is 10.0. The number of carbonyl (C=O) groups excluding carboxylic acids is 2. The molecule has 0 aliphatic carbocycles. The Hall–Kier alpha value is -2.94. The number of hydrogen-bond acceptors (Lipinski definition) is 5. The third-order valence-corrected chi connectivity index (χ3v) is 3.74. The first-order valence-electron chi connectivity index (χ1n) is 7.20. The Morgan fingerprint density at radius 2 is 1.64 bits per heavy atom. The van der Waals surface area contributed by atoms with E-state index in [1.54, 1.807) is 18.2 Å². The topological polar surface area (TPSA) is 111 Å². The molecule has 0 saturated heterocycles. The van der Waals surface area contributed by atoms with Crippen molar-refractivity contribution in [1.29, 1.82) is 0 Å². The van der Waals surface area contributed by atoms with E-state index in [0.717, 1.165) is 0 Å². The third kappa shape index (κ3) is 4.77. The molecule has 0 fully saturated rings. The van der Waals surface area contributed by atoms with Gasteiger partial charge in [-0.3, -0.25) is 30.6 Å². The van der Waals surface area contributed by atoms with Crippen LogP contribution in [0, 0.1) is 10.1 Å². The highest BCUT2D eigenvalue weighted by molar-refractivity contribution is 9.10. The Morgan fingerprint density at radius 3 is 2.16 bits per heavy atom. The fourth-order valence-corrected chi connectivity index (χ4v) is 2.40. The molecule has 9 heteroatoms. The lowest BCUT2D eigenvalue weighted by molar-refractivity contribution is -0.384.